The minimum Gasteiger partial charge on any atom is -0.294 e. The summed E-state index contributed by atoms with van der Waals surface area (Å²) in [5.41, 5.74) is 4.58. The van der Waals surface area contributed by atoms with Gasteiger partial charge in [-0.2, -0.15) is 0 Å². The van der Waals surface area contributed by atoms with E-state index in [-0.39, 0.29) is 5.78 Å². The standard InChI is InChI=1S/C18H20O/c1-3-15-7-10-17(11-8-15)18(19)12-9-16-6-4-5-14(2)13-16/h4-8,10-11,13H,3,9,12H2,1-2H3. The Hall–Kier alpha value is -1.89. The largest absolute Gasteiger partial charge is 0.294 e. The van der Waals surface area contributed by atoms with Crippen molar-refractivity contribution < 1.29 is 4.79 Å². The fraction of sp³-hybridized carbons (Fsp3) is 0.278. The van der Waals surface area contributed by atoms with Crippen molar-refractivity contribution in [2.45, 2.75) is 33.1 Å². The van der Waals surface area contributed by atoms with Crippen LogP contribution in [-0.4, -0.2) is 5.78 Å². The molecule has 0 unspecified atom stereocenters. The molecule has 2 rings (SSSR count). The summed E-state index contributed by atoms with van der Waals surface area (Å²) in [6.45, 7) is 4.20. The summed E-state index contributed by atoms with van der Waals surface area (Å²) < 4.78 is 0. The molecule has 98 valence electrons. The van der Waals surface area contributed by atoms with Crippen LogP contribution >= 0.6 is 0 Å². The molecule has 0 amide bonds. The third kappa shape index (κ3) is 3.78. The molecule has 0 spiro atoms. The van der Waals surface area contributed by atoms with Crippen molar-refractivity contribution in [1.29, 1.82) is 0 Å². The second kappa shape index (κ2) is 6.33. The smallest absolute Gasteiger partial charge is 0.163 e. The molecule has 0 aliphatic heterocycles. The monoisotopic (exact) mass is 252 g/mol. The third-order valence-electron chi connectivity index (χ3n) is 3.41. The number of rotatable bonds is 5. The molecule has 0 saturated heterocycles. The van der Waals surface area contributed by atoms with Gasteiger partial charge < -0.3 is 0 Å². The van der Waals surface area contributed by atoms with E-state index in [1.807, 2.05) is 30.3 Å². The van der Waals surface area contributed by atoms with Crippen molar-refractivity contribution in [1.82, 2.24) is 0 Å². The molecule has 0 fully saturated rings. The number of aryl methyl sites for hydroxylation is 3. The average Bonchev–Trinajstić information content (AvgIpc) is 2.45. The molecule has 1 nitrogen and oxygen atoms in total. The van der Waals surface area contributed by atoms with E-state index < -0.39 is 0 Å². The van der Waals surface area contributed by atoms with Gasteiger partial charge in [0.25, 0.3) is 0 Å². The zero-order chi connectivity index (χ0) is 13.7. The van der Waals surface area contributed by atoms with Gasteiger partial charge in [-0.05, 0) is 30.9 Å². The molecular weight excluding hydrogens is 232 g/mol. The minimum absolute atomic E-state index is 0.226. The van der Waals surface area contributed by atoms with Crippen LogP contribution in [0.3, 0.4) is 0 Å². The molecule has 0 atom stereocenters. The summed E-state index contributed by atoms with van der Waals surface area (Å²) in [7, 11) is 0. The molecule has 19 heavy (non-hydrogen) atoms. The first kappa shape index (κ1) is 13.5. The van der Waals surface area contributed by atoms with Crippen LogP contribution in [0, 0.1) is 6.92 Å². The van der Waals surface area contributed by atoms with Crippen molar-refractivity contribution in [2.75, 3.05) is 0 Å². The fourth-order valence-corrected chi connectivity index (χ4v) is 2.20. The Morgan fingerprint density at radius 2 is 1.74 bits per heavy atom. The molecule has 0 heterocycles. The predicted octanol–water partition coefficient (Wildman–Crippen LogP) is 4.37. The molecule has 2 aromatic carbocycles. The van der Waals surface area contributed by atoms with Gasteiger partial charge in [0.15, 0.2) is 5.78 Å². The molecule has 0 aromatic heterocycles. The fourth-order valence-electron chi connectivity index (χ4n) is 2.20. The number of benzene rings is 2. The summed E-state index contributed by atoms with van der Waals surface area (Å²) >= 11 is 0. The highest BCUT2D eigenvalue weighted by Gasteiger charge is 2.06. The Balaban J connectivity index is 1.97. The van der Waals surface area contributed by atoms with E-state index in [1.54, 1.807) is 0 Å². The number of Topliss-reactive ketones (excluding diaryl/α,β-unsaturated/α-hetero) is 1. The van der Waals surface area contributed by atoms with E-state index in [0.717, 1.165) is 18.4 Å². The van der Waals surface area contributed by atoms with Gasteiger partial charge >= 0.3 is 0 Å². The lowest BCUT2D eigenvalue weighted by molar-refractivity contribution is 0.0983. The van der Waals surface area contributed by atoms with E-state index >= 15 is 0 Å². The first-order chi connectivity index (χ1) is 9.19. The maximum absolute atomic E-state index is 12.1. The molecule has 1 heteroatoms. The lowest BCUT2D eigenvalue weighted by atomic mass is 10.0. The Morgan fingerprint density at radius 1 is 1.00 bits per heavy atom. The minimum atomic E-state index is 0.226. The van der Waals surface area contributed by atoms with Crippen molar-refractivity contribution >= 4 is 5.78 Å². The van der Waals surface area contributed by atoms with Crippen molar-refractivity contribution in [3.05, 3.63) is 70.8 Å². The van der Waals surface area contributed by atoms with Crippen LogP contribution in [0.2, 0.25) is 0 Å². The van der Waals surface area contributed by atoms with Crippen LogP contribution in [-0.2, 0) is 12.8 Å². The number of hydrogen-bond donors (Lipinski definition) is 0. The second-order valence-corrected chi connectivity index (χ2v) is 4.96. The van der Waals surface area contributed by atoms with Crippen molar-refractivity contribution in [2.24, 2.45) is 0 Å². The highest BCUT2D eigenvalue weighted by Crippen LogP contribution is 2.11. The van der Waals surface area contributed by atoms with E-state index in [1.165, 1.54) is 16.7 Å². The van der Waals surface area contributed by atoms with Crippen LogP contribution in [0.15, 0.2) is 48.5 Å². The van der Waals surface area contributed by atoms with Gasteiger partial charge in [-0.25, -0.2) is 0 Å². The first-order valence-electron chi connectivity index (χ1n) is 6.86. The molecule has 0 radical (unpaired) electrons. The second-order valence-electron chi connectivity index (χ2n) is 4.96. The number of ketones is 1. The van der Waals surface area contributed by atoms with Crippen LogP contribution in [0.5, 0.6) is 0 Å². The topological polar surface area (TPSA) is 17.1 Å². The quantitative estimate of drug-likeness (QED) is 0.722. The predicted molar refractivity (Wildman–Crippen MR) is 79.7 cm³/mol. The molecule has 0 aliphatic rings. The lowest BCUT2D eigenvalue weighted by Crippen LogP contribution is -2.01. The summed E-state index contributed by atoms with van der Waals surface area (Å²) in [5.74, 6) is 0.226. The molecule has 0 saturated carbocycles. The van der Waals surface area contributed by atoms with E-state index in [2.05, 4.69) is 32.0 Å². The van der Waals surface area contributed by atoms with Crippen LogP contribution in [0.25, 0.3) is 0 Å². The number of carbonyl (C=O) groups excluding carboxylic acids is 1. The highest BCUT2D eigenvalue weighted by atomic mass is 16.1. The van der Waals surface area contributed by atoms with Gasteiger partial charge in [-0.15, -0.1) is 0 Å². The first-order valence-corrected chi connectivity index (χ1v) is 6.86. The van der Waals surface area contributed by atoms with Gasteiger partial charge in [0, 0.05) is 12.0 Å². The van der Waals surface area contributed by atoms with Crippen LogP contribution in [0.1, 0.15) is 40.4 Å². The van der Waals surface area contributed by atoms with Gasteiger partial charge in [-0.3, -0.25) is 4.79 Å². The normalized spacial score (nSPS) is 10.4. The maximum Gasteiger partial charge on any atom is 0.163 e. The van der Waals surface area contributed by atoms with E-state index in [9.17, 15) is 4.79 Å². The van der Waals surface area contributed by atoms with E-state index in [0.29, 0.717) is 6.42 Å². The molecular formula is C18H20O. The summed E-state index contributed by atoms with van der Waals surface area (Å²) in [5, 5.41) is 0. The number of carbonyl (C=O) groups is 1. The summed E-state index contributed by atoms with van der Waals surface area (Å²) in [6, 6.07) is 16.3. The molecule has 0 bridgehead atoms. The van der Waals surface area contributed by atoms with Gasteiger partial charge in [0.2, 0.25) is 0 Å². The Labute approximate surface area is 115 Å². The Bertz CT molecular complexity index is 552. The van der Waals surface area contributed by atoms with Gasteiger partial charge in [-0.1, -0.05) is 61.0 Å². The van der Waals surface area contributed by atoms with Crippen LogP contribution in [0.4, 0.5) is 0 Å². The van der Waals surface area contributed by atoms with Crippen LogP contribution < -0.4 is 0 Å². The summed E-state index contributed by atoms with van der Waals surface area (Å²) in [4.78, 5) is 12.1. The Morgan fingerprint density at radius 3 is 2.37 bits per heavy atom. The zero-order valence-electron chi connectivity index (χ0n) is 11.6. The molecule has 0 N–H and O–H groups in total. The average molecular weight is 252 g/mol. The lowest BCUT2D eigenvalue weighted by Gasteiger charge is -2.04. The Kier molecular flexibility index (Phi) is 4.51. The SMILES string of the molecule is CCc1ccc(C(=O)CCc2cccc(C)c2)cc1. The van der Waals surface area contributed by atoms with Crippen molar-refractivity contribution in [3.8, 4) is 0 Å². The molecule has 2 aromatic rings. The van der Waals surface area contributed by atoms with Gasteiger partial charge in [0.05, 0.1) is 0 Å². The van der Waals surface area contributed by atoms with Crippen molar-refractivity contribution in [3.63, 3.8) is 0 Å². The summed E-state index contributed by atoms with van der Waals surface area (Å²) in [6.07, 6.45) is 2.41. The number of hydrogen-bond acceptors (Lipinski definition) is 1. The van der Waals surface area contributed by atoms with Gasteiger partial charge in [0.1, 0.15) is 0 Å². The van der Waals surface area contributed by atoms with E-state index in [4.69, 9.17) is 0 Å². The zero-order valence-corrected chi connectivity index (χ0v) is 11.6. The maximum atomic E-state index is 12.1. The third-order valence-corrected chi connectivity index (χ3v) is 3.41. The molecule has 0 aliphatic carbocycles. The highest BCUT2D eigenvalue weighted by molar-refractivity contribution is 5.96.